The summed E-state index contributed by atoms with van der Waals surface area (Å²) in [7, 11) is 0. The molecule has 1 aromatic rings. The molecule has 0 spiro atoms. The van der Waals surface area contributed by atoms with Gasteiger partial charge in [-0.1, -0.05) is 39.8 Å². The number of ketones is 1. The van der Waals surface area contributed by atoms with E-state index in [4.69, 9.17) is 9.84 Å². The average molecular weight is 294 g/mol. The van der Waals surface area contributed by atoms with Gasteiger partial charge in [0.2, 0.25) is 0 Å². The van der Waals surface area contributed by atoms with Crippen LogP contribution in [0.2, 0.25) is 0 Å². The molecule has 0 saturated carbocycles. The van der Waals surface area contributed by atoms with E-state index in [1.165, 1.54) is 0 Å². The molecule has 0 amide bonds. The fourth-order valence-corrected chi connectivity index (χ4v) is 1.49. The molecule has 0 bridgehead atoms. The fraction of sp³-hybridized carbons (Fsp3) is 0.438. The van der Waals surface area contributed by atoms with E-state index in [9.17, 15) is 14.4 Å². The highest BCUT2D eigenvalue weighted by Crippen LogP contribution is 2.20. The van der Waals surface area contributed by atoms with E-state index in [0.717, 1.165) is 0 Å². The van der Waals surface area contributed by atoms with Crippen LogP contribution >= 0.6 is 0 Å². The van der Waals surface area contributed by atoms with E-state index in [-0.39, 0.29) is 24.0 Å². The Hall–Kier alpha value is -2.17. The van der Waals surface area contributed by atoms with Gasteiger partial charge >= 0.3 is 5.97 Å². The number of hydrogen-bond acceptors (Lipinski definition) is 4. The highest BCUT2D eigenvalue weighted by molar-refractivity contribution is 6.00. The van der Waals surface area contributed by atoms with Gasteiger partial charge in [0.15, 0.2) is 5.78 Å². The molecule has 21 heavy (non-hydrogen) atoms. The zero-order chi connectivity index (χ0) is 16.4. The van der Waals surface area contributed by atoms with Gasteiger partial charge in [-0.2, -0.15) is 0 Å². The molecule has 0 atom stereocenters. The molecule has 5 heteroatoms. The van der Waals surface area contributed by atoms with Gasteiger partial charge in [-0.3, -0.25) is 14.4 Å². The van der Waals surface area contributed by atoms with Crippen LogP contribution in [0.3, 0.4) is 0 Å². The van der Waals surface area contributed by atoms with Gasteiger partial charge in [-0.05, 0) is 18.1 Å². The van der Waals surface area contributed by atoms with Crippen LogP contribution in [-0.4, -0.2) is 23.3 Å². The lowest BCUT2D eigenvalue weighted by Crippen LogP contribution is -2.09. The van der Waals surface area contributed by atoms with Gasteiger partial charge in [-0.25, -0.2) is 0 Å². The lowest BCUT2D eigenvalue weighted by atomic mass is 10.0. The van der Waals surface area contributed by atoms with Crippen molar-refractivity contribution in [2.45, 2.75) is 34.1 Å². The number of benzene rings is 1. The molecule has 0 aliphatic carbocycles. The molecule has 5 nitrogen and oxygen atoms in total. The summed E-state index contributed by atoms with van der Waals surface area (Å²) in [4.78, 5) is 31.6. The Balaban J connectivity index is 0.000000486. The summed E-state index contributed by atoms with van der Waals surface area (Å²) in [5.41, 5.74) is 0.453. The minimum atomic E-state index is -0.713. The third kappa shape index (κ3) is 7.87. The maximum absolute atomic E-state index is 11.6. The minimum absolute atomic E-state index is 0.0255. The first kappa shape index (κ1) is 18.8. The SMILES string of the molecule is CC(C)C(=O)c1ccccc1OC=O.CC(C)CC(=O)O. The molecular weight excluding hydrogens is 272 g/mol. The first-order valence-corrected chi connectivity index (χ1v) is 6.74. The van der Waals surface area contributed by atoms with E-state index in [0.29, 0.717) is 17.8 Å². The molecule has 0 aromatic heterocycles. The van der Waals surface area contributed by atoms with Crippen molar-refractivity contribution in [2.24, 2.45) is 11.8 Å². The Morgan fingerprint density at radius 1 is 1.19 bits per heavy atom. The zero-order valence-electron chi connectivity index (χ0n) is 12.8. The van der Waals surface area contributed by atoms with Gasteiger partial charge in [-0.15, -0.1) is 0 Å². The lowest BCUT2D eigenvalue weighted by molar-refractivity contribution is -0.137. The number of hydrogen-bond donors (Lipinski definition) is 1. The quantitative estimate of drug-likeness (QED) is 0.643. The van der Waals surface area contributed by atoms with Crippen molar-refractivity contribution in [3.8, 4) is 5.75 Å². The molecule has 0 aliphatic rings. The summed E-state index contributed by atoms with van der Waals surface area (Å²) in [6.45, 7) is 7.70. The second-order valence-corrected chi connectivity index (χ2v) is 5.22. The van der Waals surface area contributed by atoms with Crippen molar-refractivity contribution in [3.63, 3.8) is 0 Å². The van der Waals surface area contributed by atoms with Crippen LogP contribution in [0.5, 0.6) is 5.75 Å². The van der Waals surface area contributed by atoms with Crippen LogP contribution in [0.15, 0.2) is 24.3 Å². The summed E-state index contributed by atoms with van der Waals surface area (Å²) in [5, 5.41) is 8.08. The topological polar surface area (TPSA) is 80.7 Å². The number of aliphatic carboxylic acids is 1. The van der Waals surface area contributed by atoms with E-state index < -0.39 is 5.97 Å². The van der Waals surface area contributed by atoms with Gasteiger partial charge in [0.1, 0.15) is 5.75 Å². The smallest absolute Gasteiger partial charge is 0.303 e. The Bertz CT molecular complexity index is 477. The largest absolute Gasteiger partial charge is 0.481 e. The third-order valence-corrected chi connectivity index (χ3v) is 2.43. The van der Waals surface area contributed by atoms with Crippen molar-refractivity contribution in [1.29, 1.82) is 0 Å². The predicted octanol–water partition coefficient (Wildman–Crippen LogP) is 3.18. The Morgan fingerprint density at radius 3 is 2.14 bits per heavy atom. The van der Waals surface area contributed by atoms with E-state index in [2.05, 4.69) is 0 Å². The van der Waals surface area contributed by atoms with Crippen molar-refractivity contribution in [1.82, 2.24) is 0 Å². The molecular formula is C16H22O5. The molecule has 1 aromatic carbocycles. The summed E-state index contributed by atoms with van der Waals surface area (Å²) >= 11 is 0. The van der Waals surface area contributed by atoms with E-state index in [1.54, 1.807) is 38.1 Å². The second kappa shape index (κ2) is 9.69. The Morgan fingerprint density at radius 2 is 1.76 bits per heavy atom. The first-order valence-electron chi connectivity index (χ1n) is 6.74. The molecule has 1 rings (SSSR count). The molecule has 0 radical (unpaired) electrons. The van der Waals surface area contributed by atoms with Gasteiger partial charge in [0.25, 0.3) is 6.47 Å². The van der Waals surface area contributed by atoms with Crippen LogP contribution in [0.25, 0.3) is 0 Å². The number of rotatable bonds is 6. The van der Waals surface area contributed by atoms with Gasteiger partial charge < -0.3 is 9.84 Å². The molecule has 1 N–H and O–H groups in total. The number of carbonyl (C=O) groups excluding carboxylic acids is 2. The number of carbonyl (C=O) groups is 3. The molecule has 0 aliphatic heterocycles. The third-order valence-electron chi connectivity index (χ3n) is 2.43. The number of Topliss-reactive ketones (excluding diaryl/α,β-unsaturated/α-hetero) is 1. The maximum Gasteiger partial charge on any atom is 0.303 e. The van der Waals surface area contributed by atoms with Crippen LogP contribution < -0.4 is 4.74 Å². The summed E-state index contributed by atoms with van der Waals surface area (Å²) in [6.07, 6.45) is 0.278. The highest BCUT2D eigenvalue weighted by atomic mass is 16.5. The first-order chi connectivity index (χ1) is 9.79. The van der Waals surface area contributed by atoms with Crippen molar-refractivity contribution < 1.29 is 24.2 Å². The highest BCUT2D eigenvalue weighted by Gasteiger charge is 2.14. The normalized spacial score (nSPS) is 9.81. The summed E-state index contributed by atoms with van der Waals surface area (Å²) in [6, 6.07) is 6.72. The minimum Gasteiger partial charge on any atom is -0.481 e. The van der Waals surface area contributed by atoms with Crippen LogP contribution in [0, 0.1) is 11.8 Å². The predicted molar refractivity (Wildman–Crippen MR) is 79.4 cm³/mol. The Kier molecular flexibility index (Phi) is 8.69. The standard InChI is InChI=1S/C11H12O3.C5H10O2/c1-8(2)11(13)9-5-3-4-6-10(9)14-7-12;1-4(2)3-5(6)7/h3-8H,1-2H3;4H,3H2,1-2H3,(H,6,7). The number of carboxylic acids is 1. The number of para-hydroxylation sites is 1. The van der Waals surface area contributed by atoms with E-state index >= 15 is 0 Å². The monoisotopic (exact) mass is 294 g/mol. The van der Waals surface area contributed by atoms with Crippen molar-refractivity contribution in [3.05, 3.63) is 29.8 Å². The van der Waals surface area contributed by atoms with Gasteiger partial charge in [0.05, 0.1) is 5.56 Å². The van der Waals surface area contributed by atoms with E-state index in [1.807, 2.05) is 13.8 Å². The Labute approximate surface area is 124 Å². The number of ether oxygens (including phenoxy) is 1. The van der Waals surface area contributed by atoms with Crippen molar-refractivity contribution in [2.75, 3.05) is 0 Å². The summed E-state index contributed by atoms with van der Waals surface area (Å²) < 4.78 is 4.71. The molecule has 0 unspecified atom stereocenters. The molecule has 0 heterocycles. The van der Waals surface area contributed by atoms with Crippen molar-refractivity contribution >= 4 is 18.2 Å². The molecule has 0 saturated heterocycles. The second-order valence-electron chi connectivity index (χ2n) is 5.22. The maximum atomic E-state index is 11.6. The number of carboxylic acid groups (broad SMARTS) is 1. The lowest BCUT2D eigenvalue weighted by Gasteiger charge is -2.07. The van der Waals surface area contributed by atoms with Gasteiger partial charge in [0, 0.05) is 12.3 Å². The van der Waals surface area contributed by atoms with Crippen LogP contribution in [-0.2, 0) is 9.59 Å². The fourth-order valence-electron chi connectivity index (χ4n) is 1.49. The molecule has 116 valence electrons. The average Bonchev–Trinajstić information content (AvgIpc) is 2.38. The van der Waals surface area contributed by atoms with Crippen LogP contribution in [0.4, 0.5) is 0 Å². The van der Waals surface area contributed by atoms with Crippen LogP contribution in [0.1, 0.15) is 44.5 Å². The zero-order valence-corrected chi connectivity index (χ0v) is 12.8. The molecule has 0 fully saturated rings. The summed E-state index contributed by atoms with van der Waals surface area (Å²) in [5.74, 6) is -0.248.